The molecule has 0 aliphatic heterocycles. The fraction of sp³-hybridized carbons (Fsp3) is 0.500. The van der Waals surface area contributed by atoms with Gasteiger partial charge in [0.05, 0.1) is 5.57 Å². The fourth-order valence-corrected chi connectivity index (χ4v) is 2.75. The van der Waals surface area contributed by atoms with Gasteiger partial charge in [-0.15, -0.1) is 0 Å². The van der Waals surface area contributed by atoms with Crippen molar-refractivity contribution in [3.8, 4) is 0 Å². The molecule has 0 radical (unpaired) electrons. The second-order valence-electron chi connectivity index (χ2n) is 7.81. The topological polar surface area (TPSA) is 51.2 Å². The predicted molar refractivity (Wildman–Crippen MR) is 81.7 cm³/mol. The molecule has 2 rings (SSSR count). The Kier molecular flexibility index (Phi) is 3.43. The highest BCUT2D eigenvalue weighted by Gasteiger charge is 2.39. The molecule has 0 saturated heterocycles. The van der Waals surface area contributed by atoms with E-state index in [-0.39, 0.29) is 40.2 Å². The van der Waals surface area contributed by atoms with Gasteiger partial charge in [-0.25, -0.2) is 0 Å². The number of Topliss-reactive ketones (excluding diaryl/α,β-unsaturated/α-hetero) is 2. The summed E-state index contributed by atoms with van der Waals surface area (Å²) in [5, 5.41) is 0. The summed E-state index contributed by atoms with van der Waals surface area (Å²) < 4.78 is 0. The van der Waals surface area contributed by atoms with Crippen molar-refractivity contribution >= 4 is 17.3 Å². The van der Waals surface area contributed by atoms with Crippen LogP contribution in [0.3, 0.4) is 0 Å². The van der Waals surface area contributed by atoms with Crippen LogP contribution in [0.1, 0.15) is 48.0 Å². The van der Waals surface area contributed by atoms with E-state index in [1.807, 2.05) is 41.5 Å². The Morgan fingerprint density at radius 2 is 1.33 bits per heavy atom. The van der Waals surface area contributed by atoms with Crippen LogP contribution in [0, 0.1) is 10.8 Å². The Morgan fingerprint density at radius 3 is 1.71 bits per heavy atom. The second-order valence-corrected chi connectivity index (χ2v) is 7.81. The van der Waals surface area contributed by atoms with E-state index >= 15 is 0 Å². The summed E-state index contributed by atoms with van der Waals surface area (Å²) in [5.74, 6) is -0.476. The van der Waals surface area contributed by atoms with Gasteiger partial charge in [-0.3, -0.25) is 14.4 Å². The number of ketones is 3. The molecule has 0 aromatic carbocycles. The molecule has 2 aliphatic carbocycles. The first kappa shape index (κ1) is 15.6. The van der Waals surface area contributed by atoms with Gasteiger partial charge in [-0.05, 0) is 22.5 Å². The van der Waals surface area contributed by atoms with Crippen molar-refractivity contribution in [2.45, 2.75) is 48.0 Å². The van der Waals surface area contributed by atoms with E-state index in [4.69, 9.17) is 0 Å². The van der Waals surface area contributed by atoms with E-state index in [9.17, 15) is 14.4 Å². The third kappa shape index (κ3) is 2.69. The smallest absolute Gasteiger partial charge is 0.193 e. The summed E-state index contributed by atoms with van der Waals surface area (Å²) >= 11 is 0. The minimum absolute atomic E-state index is 0.00908. The highest BCUT2D eigenvalue weighted by Crippen LogP contribution is 2.39. The van der Waals surface area contributed by atoms with Gasteiger partial charge in [-0.1, -0.05) is 47.6 Å². The van der Waals surface area contributed by atoms with Crippen LogP contribution in [0.25, 0.3) is 0 Å². The third-order valence-electron chi connectivity index (χ3n) is 3.90. The van der Waals surface area contributed by atoms with Crippen molar-refractivity contribution < 1.29 is 14.4 Å². The molecule has 0 aromatic heterocycles. The van der Waals surface area contributed by atoms with Crippen LogP contribution in [-0.4, -0.2) is 17.3 Å². The van der Waals surface area contributed by atoms with Crippen molar-refractivity contribution in [2.75, 3.05) is 0 Å². The summed E-state index contributed by atoms with van der Waals surface area (Å²) in [6.45, 7) is 11.6. The van der Waals surface area contributed by atoms with E-state index in [0.717, 1.165) is 0 Å². The summed E-state index contributed by atoms with van der Waals surface area (Å²) in [7, 11) is 0. The number of hydrogen-bond acceptors (Lipinski definition) is 3. The van der Waals surface area contributed by atoms with Crippen LogP contribution in [0.5, 0.6) is 0 Å². The molecule has 21 heavy (non-hydrogen) atoms. The molecule has 0 aromatic rings. The monoisotopic (exact) mass is 286 g/mol. The van der Waals surface area contributed by atoms with Gasteiger partial charge < -0.3 is 0 Å². The molecule has 0 unspecified atom stereocenters. The standard InChI is InChI=1S/C18H22O3/c1-17(2,3)11-7-10(8-13(11)19)15-14(20)9-12(16(15)21)18(4,5)6/h7,9H,8H2,1-6H3/b15-10+. The van der Waals surface area contributed by atoms with Crippen LogP contribution >= 0.6 is 0 Å². The lowest BCUT2D eigenvalue weighted by Crippen LogP contribution is -2.16. The van der Waals surface area contributed by atoms with Gasteiger partial charge in [-0.2, -0.15) is 0 Å². The molecule has 0 amide bonds. The summed E-state index contributed by atoms with van der Waals surface area (Å²) in [5.41, 5.74) is 1.34. The van der Waals surface area contributed by atoms with Crippen molar-refractivity contribution in [1.29, 1.82) is 0 Å². The SMILES string of the molecule is CC(C)(C)C1=C/C(=C2/C(=O)C=C(C(C)(C)C)C2=O)CC1=O. The number of allylic oxidation sites excluding steroid dienone is 6. The summed E-state index contributed by atoms with van der Waals surface area (Å²) in [6, 6.07) is 0. The van der Waals surface area contributed by atoms with Crippen LogP contribution < -0.4 is 0 Å². The molecule has 3 nitrogen and oxygen atoms in total. The van der Waals surface area contributed by atoms with E-state index < -0.39 is 0 Å². The van der Waals surface area contributed by atoms with Crippen LogP contribution in [-0.2, 0) is 14.4 Å². The average molecular weight is 286 g/mol. The van der Waals surface area contributed by atoms with Crippen molar-refractivity contribution in [3.63, 3.8) is 0 Å². The molecule has 0 N–H and O–H groups in total. The Morgan fingerprint density at radius 1 is 0.810 bits per heavy atom. The number of carbonyl (C=O) groups excluding carboxylic acids is 3. The molecule has 0 atom stereocenters. The van der Waals surface area contributed by atoms with Crippen LogP contribution in [0.4, 0.5) is 0 Å². The van der Waals surface area contributed by atoms with E-state index in [1.54, 1.807) is 6.08 Å². The zero-order valence-electron chi connectivity index (χ0n) is 13.6. The first-order valence-electron chi connectivity index (χ1n) is 7.22. The zero-order chi connectivity index (χ0) is 16.2. The van der Waals surface area contributed by atoms with Crippen molar-refractivity contribution in [3.05, 3.63) is 34.4 Å². The predicted octanol–water partition coefficient (Wildman–Crippen LogP) is 3.35. The Hall–Kier alpha value is -1.77. The van der Waals surface area contributed by atoms with E-state index in [2.05, 4.69) is 0 Å². The third-order valence-corrected chi connectivity index (χ3v) is 3.90. The maximum absolute atomic E-state index is 12.5. The molecular weight excluding hydrogens is 264 g/mol. The number of carbonyl (C=O) groups is 3. The molecule has 0 spiro atoms. The normalized spacial score (nSPS) is 23.8. The van der Waals surface area contributed by atoms with Gasteiger partial charge in [0.2, 0.25) is 0 Å². The fourth-order valence-electron chi connectivity index (χ4n) is 2.75. The molecular formula is C18H22O3. The second kappa shape index (κ2) is 4.62. The first-order valence-corrected chi connectivity index (χ1v) is 7.22. The molecule has 2 aliphatic rings. The van der Waals surface area contributed by atoms with Crippen LogP contribution in [0.15, 0.2) is 34.4 Å². The first-order chi connectivity index (χ1) is 9.43. The molecule has 0 bridgehead atoms. The highest BCUT2D eigenvalue weighted by atomic mass is 16.2. The highest BCUT2D eigenvalue weighted by molar-refractivity contribution is 6.37. The summed E-state index contributed by atoms with van der Waals surface area (Å²) in [6.07, 6.45) is 3.33. The van der Waals surface area contributed by atoms with Gasteiger partial charge in [0.1, 0.15) is 0 Å². The number of hydrogen-bond donors (Lipinski definition) is 0. The maximum atomic E-state index is 12.5. The molecule has 112 valence electrons. The van der Waals surface area contributed by atoms with Gasteiger partial charge in [0, 0.05) is 17.6 Å². The van der Waals surface area contributed by atoms with Gasteiger partial charge in [0.25, 0.3) is 0 Å². The molecule has 3 heteroatoms. The summed E-state index contributed by atoms with van der Waals surface area (Å²) in [4.78, 5) is 36.9. The lowest BCUT2D eigenvalue weighted by atomic mass is 9.84. The van der Waals surface area contributed by atoms with Crippen molar-refractivity contribution in [2.24, 2.45) is 10.8 Å². The van der Waals surface area contributed by atoms with E-state index in [0.29, 0.717) is 16.7 Å². The molecule has 0 fully saturated rings. The van der Waals surface area contributed by atoms with E-state index in [1.165, 1.54) is 6.08 Å². The minimum atomic E-state index is -0.367. The Bertz CT molecular complexity index is 641. The Labute approximate surface area is 125 Å². The van der Waals surface area contributed by atoms with Crippen molar-refractivity contribution in [1.82, 2.24) is 0 Å². The quantitative estimate of drug-likeness (QED) is 0.507. The molecule has 0 saturated carbocycles. The van der Waals surface area contributed by atoms with Gasteiger partial charge in [0.15, 0.2) is 17.3 Å². The lowest BCUT2D eigenvalue weighted by Gasteiger charge is -2.18. The van der Waals surface area contributed by atoms with Gasteiger partial charge >= 0.3 is 0 Å². The molecule has 0 heterocycles. The minimum Gasteiger partial charge on any atom is -0.294 e. The average Bonchev–Trinajstić information content (AvgIpc) is 2.78. The largest absolute Gasteiger partial charge is 0.294 e. The lowest BCUT2D eigenvalue weighted by molar-refractivity contribution is -0.116. The number of rotatable bonds is 0. The van der Waals surface area contributed by atoms with Crippen LogP contribution in [0.2, 0.25) is 0 Å². The Balaban J connectivity index is 2.50. The maximum Gasteiger partial charge on any atom is 0.193 e. The zero-order valence-corrected chi connectivity index (χ0v) is 13.6.